The lowest BCUT2D eigenvalue weighted by atomic mass is 10.2. The Morgan fingerprint density at radius 1 is 1.21 bits per heavy atom. The molecule has 4 rings (SSSR count). The van der Waals surface area contributed by atoms with Gasteiger partial charge in [0, 0.05) is 29.4 Å². The summed E-state index contributed by atoms with van der Waals surface area (Å²) in [7, 11) is -3.76. The molecule has 3 heterocycles. The number of H-pyrrole nitrogens is 2. The van der Waals surface area contributed by atoms with Crippen molar-refractivity contribution in [1.29, 1.82) is 0 Å². The Balaban J connectivity index is 0.000000320. The predicted molar refractivity (Wildman–Crippen MR) is 104 cm³/mol. The van der Waals surface area contributed by atoms with Gasteiger partial charge < -0.3 is 14.8 Å². The van der Waals surface area contributed by atoms with Crippen LogP contribution >= 0.6 is 0 Å². The lowest BCUT2D eigenvalue weighted by Gasteiger charge is -2.03. The summed E-state index contributed by atoms with van der Waals surface area (Å²) in [6.07, 6.45) is 5.02. The van der Waals surface area contributed by atoms with Gasteiger partial charge in [0.25, 0.3) is 0 Å². The van der Waals surface area contributed by atoms with Gasteiger partial charge in [-0.15, -0.1) is 0 Å². The Morgan fingerprint density at radius 2 is 2.00 bits per heavy atom. The number of para-hydroxylation sites is 1. The fourth-order valence-corrected chi connectivity index (χ4v) is 3.80. The van der Waals surface area contributed by atoms with E-state index in [1.807, 2.05) is 13.1 Å². The lowest BCUT2D eigenvalue weighted by molar-refractivity contribution is -0.113. The molecule has 0 unspecified atom stereocenters. The van der Waals surface area contributed by atoms with E-state index in [1.54, 1.807) is 37.4 Å². The molecule has 1 amide bonds. The highest BCUT2D eigenvalue weighted by molar-refractivity contribution is 7.92. The Morgan fingerprint density at radius 3 is 2.61 bits per heavy atom. The van der Waals surface area contributed by atoms with Gasteiger partial charge in [-0.2, -0.15) is 5.10 Å². The Labute approximate surface area is 161 Å². The van der Waals surface area contributed by atoms with Gasteiger partial charge in [0.1, 0.15) is 11.5 Å². The molecule has 0 bridgehead atoms. The van der Waals surface area contributed by atoms with Crippen LogP contribution in [0.3, 0.4) is 0 Å². The van der Waals surface area contributed by atoms with Crippen LogP contribution in [0.15, 0.2) is 58.3 Å². The molecular weight excluding hydrogens is 382 g/mol. The molecule has 1 aromatic carbocycles. The maximum absolute atomic E-state index is 12.4. The zero-order chi connectivity index (χ0) is 20.1. The first kappa shape index (κ1) is 19.4. The van der Waals surface area contributed by atoms with Crippen LogP contribution in [0.1, 0.15) is 11.3 Å². The van der Waals surface area contributed by atoms with Crippen LogP contribution in [0.2, 0.25) is 0 Å². The second-order valence-corrected chi connectivity index (χ2v) is 8.06. The molecule has 3 N–H and O–H groups in total. The van der Waals surface area contributed by atoms with Gasteiger partial charge in [-0.25, -0.2) is 8.42 Å². The summed E-state index contributed by atoms with van der Waals surface area (Å²) in [4.78, 5) is 14.9. The largest absolute Gasteiger partial charge is 0.360 e. The van der Waals surface area contributed by atoms with Crippen molar-refractivity contribution in [2.24, 2.45) is 0 Å². The lowest BCUT2D eigenvalue weighted by Crippen LogP contribution is -2.23. The van der Waals surface area contributed by atoms with Crippen molar-refractivity contribution < 1.29 is 17.7 Å². The molecule has 0 saturated heterocycles. The summed E-state index contributed by atoms with van der Waals surface area (Å²) >= 11 is 0. The maximum atomic E-state index is 12.4. The van der Waals surface area contributed by atoms with Crippen molar-refractivity contribution in [3.05, 3.63) is 60.2 Å². The number of amides is 1. The third kappa shape index (κ3) is 4.65. The molecule has 0 saturated carbocycles. The monoisotopic (exact) mass is 401 g/mol. The number of hydrogen-bond acceptors (Lipinski definition) is 6. The number of fused-ring (bicyclic) bond motifs is 1. The zero-order valence-corrected chi connectivity index (χ0v) is 16.1. The number of hydrogen-bond donors (Lipinski definition) is 3. The molecule has 0 radical (unpaired) electrons. The van der Waals surface area contributed by atoms with E-state index in [4.69, 9.17) is 4.52 Å². The summed E-state index contributed by atoms with van der Waals surface area (Å²) in [5.74, 6) is -0.620. The number of rotatable bonds is 4. The quantitative estimate of drug-likeness (QED) is 0.481. The van der Waals surface area contributed by atoms with Crippen LogP contribution in [-0.2, 0) is 14.6 Å². The Bertz CT molecular complexity index is 1180. The topological polar surface area (TPSA) is 134 Å². The summed E-state index contributed by atoms with van der Waals surface area (Å²) in [6, 6.07) is 8.52. The summed E-state index contributed by atoms with van der Waals surface area (Å²) in [6.45, 7) is 3.66. The molecule has 28 heavy (non-hydrogen) atoms. The summed E-state index contributed by atoms with van der Waals surface area (Å²) in [5.41, 5.74) is 1.88. The molecule has 0 atom stereocenters. The number of sulfone groups is 1. The molecule has 0 spiro atoms. The molecule has 0 aliphatic rings. The van der Waals surface area contributed by atoms with Crippen LogP contribution in [0, 0.1) is 13.8 Å². The van der Waals surface area contributed by atoms with Gasteiger partial charge in [0.15, 0.2) is 15.7 Å². The van der Waals surface area contributed by atoms with Crippen molar-refractivity contribution in [2.45, 2.75) is 18.7 Å². The summed E-state index contributed by atoms with van der Waals surface area (Å²) in [5, 5.41) is 12.9. The van der Waals surface area contributed by atoms with Gasteiger partial charge >= 0.3 is 0 Å². The highest BCUT2D eigenvalue weighted by atomic mass is 32.2. The van der Waals surface area contributed by atoms with Crippen molar-refractivity contribution in [3.8, 4) is 0 Å². The van der Waals surface area contributed by atoms with Gasteiger partial charge in [0.2, 0.25) is 5.91 Å². The number of carbonyl (C=O) groups is 1. The SMILES string of the molecule is Cc1cc(NC(=O)CS(=O)(=O)c2c[nH]c3ccccc23)no1.Cc1cn[nH]c1. The van der Waals surface area contributed by atoms with Crippen molar-refractivity contribution in [3.63, 3.8) is 0 Å². The molecule has 4 aromatic rings. The van der Waals surface area contributed by atoms with Gasteiger partial charge in [-0.05, 0) is 25.5 Å². The average Bonchev–Trinajstić information content (AvgIpc) is 3.36. The number of benzene rings is 1. The maximum Gasteiger partial charge on any atom is 0.241 e. The molecule has 0 aliphatic carbocycles. The minimum atomic E-state index is -3.76. The van der Waals surface area contributed by atoms with E-state index in [0.29, 0.717) is 16.7 Å². The van der Waals surface area contributed by atoms with E-state index in [1.165, 1.54) is 17.8 Å². The highest BCUT2D eigenvalue weighted by Crippen LogP contribution is 2.23. The Hall–Kier alpha value is -3.40. The zero-order valence-electron chi connectivity index (χ0n) is 15.3. The minimum absolute atomic E-state index is 0.106. The van der Waals surface area contributed by atoms with Crippen molar-refractivity contribution in [2.75, 3.05) is 11.1 Å². The molecule has 0 fully saturated rings. The fourth-order valence-electron chi connectivity index (χ4n) is 2.47. The third-order valence-corrected chi connectivity index (χ3v) is 5.39. The van der Waals surface area contributed by atoms with Gasteiger partial charge in [-0.3, -0.25) is 9.89 Å². The van der Waals surface area contributed by atoms with E-state index in [0.717, 1.165) is 0 Å². The van der Waals surface area contributed by atoms with Crippen LogP contribution in [0.5, 0.6) is 0 Å². The number of nitrogens with one attached hydrogen (secondary N) is 3. The molecule has 0 aliphatic heterocycles. The highest BCUT2D eigenvalue weighted by Gasteiger charge is 2.23. The second kappa shape index (κ2) is 8.09. The average molecular weight is 401 g/mol. The van der Waals surface area contributed by atoms with Gasteiger partial charge in [0.05, 0.1) is 11.1 Å². The van der Waals surface area contributed by atoms with E-state index >= 15 is 0 Å². The van der Waals surface area contributed by atoms with E-state index in [9.17, 15) is 13.2 Å². The number of anilines is 1. The van der Waals surface area contributed by atoms with E-state index in [2.05, 4.69) is 25.7 Å². The van der Waals surface area contributed by atoms with Gasteiger partial charge in [-0.1, -0.05) is 23.4 Å². The normalized spacial score (nSPS) is 11.1. The van der Waals surface area contributed by atoms with Crippen LogP contribution in [0.25, 0.3) is 10.9 Å². The fraction of sp³-hybridized carbons (Fsp3) is 0.167. The van der Waals surface area contributed by atoms with Crippen LogP contribution < -0.4 is 5.32 Å². The van der Waals surface area contributed by atoms with Crippen molar-refractivity contribution in [1.82, 2.24) is 20.3 Å². The molecular formula is C18H19N5O4S. The summed E-state index contributed by atoms with van der Waals surface area (Å²) < 4.78 is 29.6. The molecule has 9 nitrogen and oxygen atoms in total. The number of aryl methyl sites for hydroxylation is 2. The van der Waals surface area contributed by atoms with Crippen LogP contribution in [-0.4, -0.2) is 40.4 Å². The Kier molecular flexibility index (Phi) is 5.59. The number of carbonyl (C=O) groups excluding carboxylic acids is 1. The minimum Gasteiger partial charge on any atom is -0.360 e. The smallest absolute Gasteiger partial charge is 0.241 e. The van der Waals surface area contributed by atoms with Crippen LogP contribution in [0.4, 0.5) is 5.82 Å². The van der Waals surface area contributed by atoms with Crippen molar-refractivity contribution >= 4 is 32.5 Å². The first-order valence-electron chi connectivity index (χ1n) is 8.32. The van der Waals surface area contributed by atoms with E-state index < -0.39 is 21.5 Å². The first-order chi connectivity index (χ1) is 13.3. The number of nitrogens with zero attached hydrogens (tertiary/aromatic N) is 2. The predicted octanol–water partition coefficient (Wildman–Crippen LogP) is 2.59. The second-order valence-electron chi connectivity index (χ2n) is 6.10. The number of aromatic nitrogens is 4. The number of aromatic amines is 2. The molecule has 3 aromatic heterocycles. The standard InChI is InChI=1S/C14H13N3O4S.C4H6N2/c1-9-6-13(17-21-9)16-14(18)8-22(19,20)12-7-15-11-5-3-2-4-10(11)12;1-4-2-5-6-3-4/h2-7,15H,8H2,1H3,(H,16,17,18);2-3H,1H3,(H,5,6). The third-order valence-electron chi connectivity index (χ3n) is 3.74. The molecule has 10 heteroatoms. The first-order valence-corrected chi connectivity index (χ1v) is 9.98. The van der Waals surface area contributed by atoms with E-state index in [-0.39, 0.29) is 10.7 Å². The molecule has 146 valence electrons.